The lowest BCUT2D eigenvalue weighted by Gasteiger charge is -2.58. The fourth-order valence-electron chi connectivity index (χ4n) is 8.36. The monoisotopic (exact) mass is 358 g/mol. The van der Waals surface area contributed by atoms with Crippen LogP contribution in [0.25, 0.3) is 0 Å². The molecule has 0 radical (unpaired) electrons. The van der Waals surface area contributed by atoms with Gasteiger partial charge >= 0.3 is 0 Å². The van der Waals surface area contributed by atoms with Crippen molar-refractivity contribution >= 4 is 0 Å². The SMILES string of the molecule is CCC[C@@H](C)C1CCC2C3CC[C@@H]4C[C@H](C)CC[C@]4(C)C3=C[C@@H](O)[C@@]21C. The van der Waals surface area contributed by atoms with Crippen LogP contribution in [0.3, 0.4) is 0 Å². The Morgan fingerprint density at radius 3 is 2.65 bits per heavy atom. The van der Waals surface area contributed by atoms with Crippen LogP contribution >= 0.6 is 0 Å². The second-order valence-electron chi connectivity index (χ2n) is 11.2. The van der Waals surface area contributed by atoms with Crippen LogP contribution in [0.4, 0.5) is 0 Å². The summed E-state index contributed by atoms with van der Waals surface area (Å²) in [6.45, 7) is 12.2. The van der Waals surface area contributed by atoms with Crippen molar-refractivity contribution in [3.8, 4) is 0 Å². The van der Waals surface area contributed by atoms with Gasteiger partial charge in [-0.05, 0) is 85.9 Å². The van der Waals surface area contributed by atoms with Crippen molar-refractivity contribution in [2.45, 2.75) is 98.5 Å². The molecule has 148 valence electrons. The summed E-state index contributed by atoms with van der Waals surface area (Å²) in [7, 11) is 0. The lowest BCUT2D eigenvalue weighted by Crippen LogP contribution is -2.53. The van der Waals surface area contributed by atoms with Crippen LogP contribution in [0.5, 0.6) is 0 Å². The topological polar surface area (TPSA) is 20.2 Å². The van der Waals surface area contributed by atoms with Crippen LogP contribution in [0, 0.1) is 46.3 Å². The Kier molecular flexibility index (Phi) is 4.86. The summed E-state index contributed by atoms with van der Waals surface area (Å²) >= 11 is 0. The van der Waals surface area contributed by atoms with Gasteiger partial charge in [0.2, 0.25) is 0 Å². The highest BCUT2D eigenvalue weighted by atomic mass is 16.3. The summed E-state index contributed by atoms with van der Waals surface area (Å²) in [5.41, 5.74) is 2.19. The van der Waals surface area contributed by atoms with Crippen LogP contribution < -0.4 is 0 Å². The first-order valence-electron chi connectivity index (χ1n) is 11.7. The van der Waals surface area contributed by atoms with Gasteiger partial charge in [-0.1, -0.05) is 59.1 Å². The molecule has 0 saturated heterocycles. The third-order valence-corrected chi connectivity index (χ3v) is 9.91. The second-order valence-corrected chi connectivity index (χ2v) is 11.2. The molecule has 4 aliphatic rings. The molecule has 9 atom stereocenters. The van der Waals surface area contributed by atoms with Gasteiger partial charge in [-0.3, -0.25) is 0 Å². The zero-order valence-corrected chi connectivity index (χ0v) is 17.9. The molecule has 3 saturated carbocycles. The van der Waals surface area contributed by atoms with E-state index in [4.69, 9.17) is 0 Å². The molecule has 0 aromatic rings. The predicted molar refractivity (Wildman–Crippen MR) is 110 cm³/mol. The van der Waals surface area contributed by atoms with Crippen molar-refractivity contribution < 1.29 is 5.11 Å². The number of fused-ring (bicyclic) bond motifs is 5. The molecule has 1 heteroatoms. The number of aliphatic hydroxyl groups excluding tert-OH is 1. The molecule has 0 bridgehead atoms. The molecule has 0 aromatic carbocycles. The molecule has 0 spiro atoms. The zero-order chi connectivity index (χ0) is 18.7. The second kappa shape index (κ2) is 6.64. The van der Waals surface area contributed by atoms with Gasteiger partial charge in [0.05, 0.1) is 6.10 Å². The lowest BCUT2D eigenvalue weighted by atomic mass is 9.47. The van der Waals surface area contributed by atoms with Crippen molar-refractivity contribution in [1.29, 1.82) is 0 Å². The minimum atomic E-state index is -0.222. The Morgan fingerprint density at radius 2 is 1.92 bits per heavy atom. The van der Waals surface area contributed by atoms with E-state index >= 15 is 0 Å². The summed E-state index contributed by atoms with van der Waals surface area (Å²) in [6.07, 6.45) is 14.4. The van der Waals surface area contributed by atoms with E-state index in [0.29, 0.717) is 11.3 Å². The van der Waals surface area contributed by atoms with Gasteiger partial charge in [-0.2, -0.15) is 0 Å². The molecule has 0 amide bonds. The van der Waals surface area contributed by atoms with Crippen LogP contribution in [-0.4, -0.2) is 11.2 Å². The zero-order valence-electron chi connectivity index (χ0n) is 17.9. The molecule has 26 heavy (non-hydrogen) atoms. The Balaban J connectivity index is 1.68. The first kappa shape index (κ1) is 19.0. The van der Waals surface area contributed by atoms with E-state index in [0.717, 1.165) is 29.6 Å². The number of hydrogen-bond donors (Lipinski definition) is 1. The fourth-order valence-corrected chi connectivity index (χ4v) is 8.36. The average molecular weight is 359 g/mol. The van der Waals surface area contributed by atoms with Crippen LogP contribution in [0.2, 0.25) is 0 Å². The van der Waals surface area contributed by atoms with Crippen LogP contribution in [0.1, 0.15) is 92.4 Å². The van der Waals surface area contributed by atoms with Crippen LogP contribution in [-0.2, 0) is 0 Å². The van der Waals surface area contributed by atoms with Gasteiger partial charge in [0.1, 0.15) is 0 Å². The van der Waals surface area contributed by atoms with Gasteiger partial charge in [0.15, 0.2) is 0 Å². The Labute approximate surface area is 162 Å². The van der Waals surface area contributed by atoms with E-state index in [-0.39, 0.29) is 11.5 Å². The predicted octanol–water partition coefficient (Wildman–Crippen LogP) is 6.61. The van der Waals surface area contributed by atoms with Gasteiger partial charge in [0, 0.05) is 5.41 Å². The number of allylic oxidation sites excluding steroid dienone is 1. The van der Waals surface area contributed by atoms with Crippen LogP contribution in [0.15, 0.2) is 11.6 Å². The molecule has 0 aromatic heterocycles. The Morgan fingerprint density at radius 1 is 1.15 bits per heavy atom. The molecule has 4 rings (SSSR count). The normalized spacial score (nSPS) is 51.8. The molecule has 0 heterocycles. The standard InChI is InChI=1S/C25H42O/c1-6-7-17(3)20-10-11-21-19-9-8-18-14-16(2)12-13-24(18,4)22(19)15-23(26)25(20,21)5/h15-21,23,26H,6-14H2,1-5H3/t16-,17-,18-,19?,20?,21?,23-,24+,25-/m1/s1. The van der Waals surface area contributed by atoms with Gasteiger partial charge in [0.25, 0.3) is 0 Å². The summed E-state index contributed by atoms with van der Waals surface area (Å²) in [4.78, 5) is 0. The van der Waals surface area contributed by atoms with Crippen molar-refractivity contribution in [3.05, 3.63) is 11.6 Å². The van der Waals surface area contributed by atoms with Crippen molar-refractivity contribution in [2.24, 2.45) is 46.3 Å². The Hall–Kier alpha value is -0.300. The third-order valence-electron chi connectivity index (χ3n) is 9.91. The lowest BCUT2D eigenvalue weighted by molar-refractivity contribution is -0.0573. The van der Waals surface area contributed by atoms with Crippen molar-refractivity contribution in [1.82, 2.24) is 0 Å². The molecule has 3 unspecified atom stereocenters. The third kappa shape index (κ3) is 2.59. The van der Waals surface area contributed by atoms with E-state index in [1.54, 1.807) is 5.57 Å². The quantitative estimate of drug-likeness (QED) is 0.563. The molecule has 3 fully saturated rings. The van der Waals surface area contributed by atoms with Crippen molar-refractivity contribution in [3.63, 3.8) is 0 Å². The minimum Gasteiger partial charge on any atom is -0.388 e. The molecule has 4 aliphatic carbocycles. The first-order chi connectivity index (χ1) is 12.3. The largest absolute Gasteiger partial charge is 0.388 e. The maximum absolute atomic E-state index is 11.4. The number of aliphatic hydroxyl groups is 1. The fraction of sp³-hybridized carbons (Fsp3) is 0.920. The van der Waals surface area contributed by atoms with Gasteiger partial charge in [-0.15, -0.1) is 0 Å². The summed E-state index contributed by atoms with van der Waals surface area (Å²) in [5, 5.41) is 11.4. The Bertz CT molecular complexity index is 565. The van der Waals surface area contributed by atoms with E-state index < -0.39 is 0 Å². The van der Waals surface area contributed by atoms with Gasteiger partial charge < -0.3 is 5.11 Å². The maximum atomic E-state index is 11.4. The van der Waals surface area contributed by atoms with E-state index in [9.17, 15) is 5.11 Å². The molecule has 0 aliphatic heterocycles. The van der Waals surface area contributed by atoms with Crippen molar-refractivity contribution in [2.75, 3.05) is 0 Å². The maximum Gasteiger partial charge on any atom is 0.0782 e. The molecular formula is C25H42O. The molecule has 1 nitrogen and oxygen atoms in total. The summed E-state index contributed by atoms with van der Waals surface area (Å²) < 4.78 is 0. The highest BCUT2D eigenvalue weighted by molar-refractivity contribution is 5.31. The number of rotatable bonds is 3. The van der Waals surface area contributed by atoms with E-state index in [2.05, 4.69) is 40.7 Å². The first-order valence-corrected chi connectivity index (χ1v) is 11.7. The summed E-state index contributed by atoms with van der Waals surface area (Å²) in [5.74, 6) is 4.70. The summed E-state index contributed by atoms with van der Waals surface area (Å²) in [6, 6.07) is 0. The number of hydrogen-bond acceptors (Lipinski definition) is 1. The highest BCUT2D eigenvalue weighted by Gasteiger charge is 2.60. The molecule has 1 N–H and O–H groups in total. The van der Waals surface area contributed by atoms with E-state index in [1.165, 1.54) is 57.8 Å². The van der Waals surface area contributed by atoms with E-state index in [1.807, 2.05) is 0 Å². The average Bonchev–Trinajstić information content (AvgIpc) is 2.96. The highest BCUT2D eigenvalue weighted by Crippen LogP contribution is 2.66. The minimum absolute atomic E-state index is 0.119. The van der Waals surface area contributed by atoms with Gasteiger partial charge in [-0.25, -0.2) is 0 Å². The molecular weight excluding hydrogens is 316 g/mol. The smallest absolute Gasteiger partial charge is 0.0782 e.